The van der Waals surface area contributed by atoms with Crippen LogP contribution in [0.5, 0.6) is 0 Å². The Balaban J connectivity index is 1.49. The average Bonchev–Trinajstić information content (AvgIpc) is 3.06. The Morgan fingerprint density at radius 1 is 1.16 bits per heavy atom. The highest BCUT2D eigenvalue weighted by Crippen LogP contribution is 2.20. The van der Waals surface area contributed by atoms with E-state index in [4.69, 9.17) is 16.0 Å². The van der Waals surface area contributed by atoms with Gasteiger partial charge < -0.3 is 9.73 Å². The van der Waals surface area contributed by atoms with Crippen molar-refractivity contribution in [2.24, 2.45) is 0 Å². The zero-order valence-electron chi connectivity index (χ0n) is 14.2. The quantitative estimate of drug-likeness (QED) is 0.841. The molecule has 1 fully saturated rings. The number of amides is 1. The Hall–Kier alpha value is -1.96. The lowest BCUT2D eigenvalue weighted by Gasteiger charge is -2.33. The average molecular weight is 364 g/mol. The normalized spacial score (nSPS) is 16.1. The van der Waals surface area contributed by atoms with Crippen LogP contribution in [0.2, 0.25) is 5.02 Å². The van der Waals surface area contributed by atoms with Crippen molar-refractivity contribution in [2.75, 3.05) is 39.3 Å². The highest BCUT2D eigenvalue weighted by atomic mass is 35.5. The van der Waals surface area contributed by atoms with Gasteiger partial charge in [0.2, 0.25) is 17.7 Å². The van der Waals surface area contributed by atoms with Crippen LogP contribution in [-0.4, -0.2) is 65.2 Å². The first-order valence-corrected chi connectivity index (χ1v) is 8.81. The fraction of sp³-hybridized carbons (Fsp3) is 0.471. The maximum Gasteiger partial charge on any atom is 0.247 e. The van der Waals surface area contributed by atoms with Crippen LogP contribution in [0, 0.1) is 0 Å². The summed E-state index contributed by atoms with van der Waals surface area (Å²) in [6.07, 6.45) is 0. The van der Waals surface area contributed by atoms with Gasteiger partial charge in [0.05, 0.1) is 13.1 Å². The SMILES string of the molecule is CCNC(=O)CN1CCN(Cc2nnc(-c3ccc(Cl)cc3)o2)CC1. The van der Waals surface area contributed by atoms with Crippen molar-refractivity contribution in [3.05, 3.63) is 35.2 Å². The summed E-state index contributed by atoms with van der Waals surface area (Å²) >= 11 is 5.89. The molecule has 0 atom stereocenters. The van der Waals surface area contributed by atoms with Crippen molar-refractivity contribution < 1.29 is 9.21 Å². The van der Waals surface area contributed by atoms with Crippen LogP contribution in [0.4, 0.5) is 0 Å². The summed E-state index contributed by atoms with van der Waals surface area (Å²) in [5.74, 6) is 1.18. The number of aromatic nitrogens is 2. The van der Waals surface area contributed by atoms with E-state index in [1.165, 1.54) is 0 Å². The molecule has 0 aliphatic carbocycles. The Labute approximate surface area is 152 Å². The van der Waals surface area contributed by atoms with Crippen molar-refractivity contribution in [1.82, 2.24) is 25.3 Å². The first-order valence-electron chi connectivity index (χ1n) is 8.44. The number of carbonyl (C=O) groups is 1. The van der Waals surface area contributed by atoms with Gasteiger partial charge in [-0.3, -0.25) is 14.6 Å². The molecule has 0 radical (unpaired) electrons. The summed E-state index contributed by atoms with van der Waals surface area (Å²) in [4.78, 5) is 16.1. The molecule has 0 spiro atoms. The van der Waals surface area contributed by atoms with E-state index in [-0.39, 0.29) is 5.91 Å². The third kappa shape index (κ3) is 5.01. The Morgan fingerprint density at radius 2 is 1.84 bits per heavy atom. The van der Waals surface area contributed by atoms with Crippen LogP contribution in [0.1, 0.15) is 12.8 Å². The van der Waals surface area contributed by atoms with Gasteiger partial charge in [-0.15, -0.1) is 10.2 Å². The molecule has 1 amide bonds. The fourth-order valence-electron chi connectivity index (χ4n) is 2.78. The monoisotopic (exact) mass is 363 g/mol. The molecule has 1 aliphatic rings. The van der Waals surface area contributed by atoms with Crippen LogP contribution < -0.4 is 5.32 Å². The van der Waals surface area contributed by atoms with E-state index in [0.29, 0.717) is 36.4 Å². The molecule has 0 saturated carbocycles. The second-order valence-corrected chi connectivity index (χ2v) is 6.45. The van der Waals surface area contributed by atoms with Crippen molar-refractivity contribution in [3.63, 3.8) is 0 Å². The molecular weight excluding hydrogens is 342 g/mol. The van der Waals surface area contributed by atoms with E-state index >= 15 is 0 Å². The summed E-state index contributed by atoms with van der Waals surface area (Å²) < 4.78 is 5.75. The van der Waals surface area contributed by atoms with Gasteiger partial charge in [0.1, 0.15) is 0 Å². The molecule has 25 heavy (non-hydrogen) atoms. The van der Waals surface area contributed by atoms with Crippen LogP contribution >= 0.6 is 11.6 Å². The van der Waals surface area contributed by atoms with E-state index < -0.39 is 0 Å². The van der Waals surface area contributed by atoms with E-state index in [2.05, 4.69) is 25.3 Å². The molecule has 134 valence electrons. The highest BCUT2D eigenvalue weighted by molar-refractivity contribution is 6.30. The van der Waals surface area contributed by atoms with E-state index in [9.17, 15) is 4.79 Å². The second-order valence-electron chi connectivity index (χ2n) is 6.01. The van der Waals surface area contributed by atoms with Gasteiger partial charge in [0, 0.05) is 43.3 Å². The molecule has 0 bridgehead atoms. The molecule has 1 N–H and O–H groups in total. The summed E-state index contributed by atoms with van der Waals surface area (Å²) in [5.41, 5.74) is 0.856. The van der Waals surface area contributed by atoms with Crippen molar-refractivity contribution >= 4 is 17.5 Å². The lowest BCUT2D eigenvalue weighted by atomic mass is 10.2. The molecule has 0 unspecified atom stereocenters. The number of nitrogens with zero attached hydrogens (tertiary/aromatic N) is 4. The molecule has 3 rings (SSSR count). The minimum atomic E-state index is 0.0838. The summed E-state index contributed by atoms with van der Waals surface area (Å²) in [7, 11) is 0. The highest BCUT2D eigenvalue weighted by Gasteiger charge is 2.20. The lowest BCUT2D eigenvalue weighted by Crippen LogP contribution is -2.49. The van der Waals surface area contributed by atoms with Gasteiger partial charge in [-0.2, -0.15) is 0 Å². The zero-order valence-corrected chi connectivity index (χ0v) is 15.0. The zero-order chi connectivity index (χ0) is 17.6. The van der Waals surface area contributed by atoms with Gasteiger partial charge >= 0.3 is 0 Å². The van der Waals surface area contributed by atoms with Gasteiger partial charge in [-0.05, 0) is 31.2 Å². The molecule has 8 heteroatoms. The predicted octanol–water partition coefficient (Wildman–Crippen LogP) is 1.64. The number of carbonyl (C=O) groups excluding carboxylic acids is 1. The largest absolute Gasteiger partial charge is 0.419 e. The van der Waals surface area contributed by atoms with Crippen LogP contribution in [0.15, 0.2) is 28.7 Å². The van der Waals surface area contributed by atoms with Crippen molar-refractivity contribution in [2.45, 2.75) is 13.5 Å². The number of rotatable bonds is 6. The van der Waals surface area contributed by atoms with Gasteiger partial charge in [-0.25, -0.2) is 0 Å². The Morgan fingerprint density at radius 3 is 2.52 bits per heavy atom. The molecule has 1 aromatic carbocycles. The first-order chi connectivity index (χ1) is 12.1. The van der Waals surface area contributed by atoms with Crippen molar-refractivity contribution in [3.8, 4) is 11.5 Å². The molecule has 2 heterocycles. The van der Waals surface area contributed by atoms with Gasteiger partial charge in [0.25, 0.3) is 0 Å². The third-order valence-electron chi connectivity index (χ3n) is 4.12. The second kappa shape index (κ2) is 8.42. The van der Waals surface area contributed by atoms with E-state index in [1.807, 2.05) is 19.1 Å². The van der Waals surface area contributed by atoms with Crippen molar-refractivity contribution in [1.29, 1.82) is 0 Å². The maximum absolute atomic E-state index is 11.6. The van der Waals surface area contributed by atoms with Crippen LogP contribution in [0.3, 0.4) is 0 Å². The summed E-state index contributed by atoms with van der Waals surface area (Å²) in [6, 6.07) is 7.32. The lowest BCUT2D eigenvalue weighted by molar-refractivity contribution is -0.122. The maximum atomic E-state index is 11.6. The molecule has 1 saturated heterocycles. The summed E-state index contributed by atoms with van der Waals surface area (Å²) in [5, 5.41) is 11.7. The standard InChI is InChI=1S/C17H22ClN5O2/c1-2-19-15(24)11-22-7-9-23(10-8-22)12-16-20-21-17(25-16)13-3-5-14(18)6-4-13/h3-6H,2,7-12H2,1H3,(H,19,24). The molecular formula is C17H22ClN5O2. The Bertz CT molecular complexity index is 695. The fourth-order valence-corrected chi connectivity index (χ4v) is 2.91. The minimum Gasteiger partial charge on any atom is -0.419 e. The van der Waals surface area contributed by atoms with Gasteiger partial charge in [0.15, 0.2) is 0 Å². The number of nitrogens with one attached hydrogen (secondary N) is 1. The first kappa shape index (κ1) is 17.8. The van der Waals surface area contributed by atoms with Crippen LogP contribution in [0.25, 0.3) is 11.5 Å². The van der Waals surface area contributed by atoms with Gasteiger partial charge in [-0.1, -0.05) is 11.6 Å². The number of hydrogen-bond acceptors (Lipinski definition) is 6. The van der Waals surface area contributed by atoms with E-state index in [0.717, 1.165) is 31.7 Å². The smallest absolute Gasteiger partial charge is 0.247 e. The topological polar surface area (TPSA) is 74.5 Å². The number of piperazine rings is 1. The van der Waals surface area contributed by atoms with Crippen LogP contribution in [-0.2, 0) is 11.3 Å². The number of hydrogen-bond donors (Lipinski definition) is 1. The third-order valence-corrected chi connectivity index (χ3v) is 4.37. The molecule has 2 aromatic rings. The number of halogens is 1. The summed E-state index contributed by atoms with van der Waals surface area (Å²) in [6.45, 7) is 7.14. The molecule has 1 aromatic heterocycles. The molecule has 1 aliphatic heterocycles. The minimum absolute atomic E-state index is 0.0838. The van der Waals surface area contributed by atoms with E-state index in [1.54, 1.807) is 12.1 Å². The Kier molecular flexibility index (Phi) is 6.01. The predicted molar refractivity (Wildman–Crippen MR) is 95.1 cm³/mol. The number of likely N-dealkylation sites (N-methyl/N-ethyl adjacent to an activating group) is 1. The number of benzene rings is 1. The molecule has 7 nitrogen and oxygen atoms in total.